The van der Waals surface area contributed by atoms with Crippen molar-refractivity contribution in [3.63, 3.8) is 0 Å². The summed E-state index contributed by atoms with van der Waals surface area (Å²) in [5.41, 5.74) is 1.21. The molecule has 7 heteroatoms. The van der Waals surface area contributed by atoms with Crippen LogP contribution in [0, 0.1) is 6.92 Å². The molecule has 5 nitrogen and oxygen atoms in total. The van der Waals surface area contributed by atoms with E-state index >= 15 is 0 Å². The summed E-state index contributed by atoms with van der Waals surface area (Å²) in [6, 6.07) is 7.12. The minimum Gasteiger partial charge on any atom is -0.326 e. The predicted octanol–water partition coefficient (Wildman–Crippen LogP) is 3.12. The Morgan fingerprint density at radius 3 is 2.86 bits per heavy atom. The summed E-state index contributed by atoms with van der Waals surface area (Å²) in [6.45, 7) is 1.76. The highest BCUT2D eigenvalue weighted by Crippen LogP contribution is 2.28. The van der Waals surface area contributed by atoms with Gasteiger partial charge in [0.05, 0.1) is 10.6 Å². The van der Waals surface area contributed by atoms with E-state index in [2.05, 4.69) is 15.3 Å². The Kier molecular flexibility index (Phi) is 3.68. The molecule has 0 spiro atoms. The van der Waals surface area contributed by atoms with Gasteiger partial charge < -0.3 is 4.98 Å². The number of rotatable bonds is 3. The van der Waals surface area contributed by atoms with Crippen LogP contribution in [-0.2, 0) is 0 Å². The third-order valence-electron chi connectivity index (χ3n) is 2.80. The van der Waals surface area contributed by atoms with Gasteiger partial charge in [0.1, 0.15) is 5.56 Å². The quantitative estimate of drug-likeness (QED) is 0.779. The van der Waals surface area contributed by atoms with E-state index in [0.717, 1.165) is 10.6 Å². The highest BCUT2D eigenvalue weighted by molar-refractivity contribution is 7.16. The minimum atomic E-state index is -0.455. The molecule has 3 aromatic heterocycles. The molecule has 0 fully saturated rings. The van der Waals surface area contributed by atoms with Gasteiger partial charge in [-0.1, -0.05) is 6.07 Å². The molecule has 106 valence electrons. The Hall–Kier alpha value is -2.25. The first-order chi connectivity index (χ1) is 10.1. The van der Waals surface area contributed by atoms with Gasteiger partial charge in [-0.3, -0.25) is 14.9 Å². The van der Waals surface area contributed by atoms with Crippen LogP contribution in [0.1, 0.15) is 16.1 Å². The lowest BCUT2D eigenvalue weighted by atomic mass is 10.2. The lowest BCUT2D eigenvalue weighted by Crippen LogP contribution is -2.23. The number of anilines is 1. The molecular weight excluding hydrogens is 306 g/mol. The molecule has 0 aliphatic carbocycles. The normalized spacial score (nSPS) is 10.5. The van der Waals surface area contributed by atoms with E-state index in [0.29, 0.717) is 10.8 Å². The van der Waals surface area contributed by atoms with Crippen LogP contribution in [0.3, 0.4) is 0 Å². The first-order valence-corrected chi connectivity index (χ1v) is 7.90. The number of carbonyl (C=O) groups excluding carboxylic acids is 1. The molecule has 0 saturated carbocycles. The summed E-state index contributed by atoms with van der Waals surface area (Å²) in [5, 5.41) is 6.98. The molecule has 0 atom stereocenters. The molecule has 3 heterocycles. The molecule has 0 radical (unpaired) electrons. The Morgan fingerprint density at radius 1 is 1.29 bits per heavy atom. The third-order valence-corrected chi connectivity index (χ3v) is 4.45. The van der Waals surface area contributed by atoms with Gasteiger partial charge in [-0.2, -0.15) is 0 Å². The van der Waals surface area contributed by atoms with E-state index in [9.17, 15) is 9.59 Å². The van der Waals surface area contributed by atoms with Crippen LogP contribution >= 0.6 is 22.7 Å². The zero-order valence-electron chi connectivity index (χ0n) is 11.0. The fourth-order valence-corrected chi connectivity index (χ4v) is 3.25. The number of amides is 1. The number of nitrogens with zero attached hydrogens (tertiary/aromatic N) is 1. The summed E-state index contributed by atoms with van der Waals surface area (Å²) < 4.78 is 0. The van der Waals surface area contributed by atoms with Gasteiger partial charge in [-0.25, -0.2) is 4.98 Å². The van der Waals surface area contributed by atoms with E-state index in [-0.39, 0.29) is 5.56 Å². The van der Waals surface area contributed by atoms with Crippen LogP contribution in [0.4, 0.5) is 5.13 Å². The lowest BCUT2D eigenvalue weighted by Gasteiger charge is -2.01. The van der Waals surface area contributed by atoms with E-state index in [4.69, 9.17) is 0 Å². The predicted molar refractivity (Wildman–Crippen MR) is 85.2 cm³/mol. The van der Waals surface area contributed by atoms with Crippen molar-refractivity contribution >= 4 is 33.7 Å². The molecule has 3 aromatic rings. The van der Waals surface area contributed by atoms with Crippen LogP contribution in [0.15, 0.2) is 39.8 Å². The van der Waals surface area contributed by atoms with E-state index in [1.807, 2.05) is 22.9 Å². The van der Waals surface area contributed by atoms with Crippen LogP contribution < -0.4 is 10.9 Å². The zero-order valence-corrected chi connectivity index (χ0v) is 12.7. The number of hydrogen-bond acceptors (Lipinski definition) is 5. The molecule has 3 rings (SSSR count). The number of carbonyl (C=O) groups is 1. The van der Waals surface area contributed by atoms with Crippen molar-refractivity contribution in [3.8, 4) is 10.6 Å². The maximum absolute atomic E-state index is 12.1. The minimum absolute atomic E-state index is 0.0773. The molecule has 2 N–H and O–H groups in total. The van der Waals surface area contributed by atoms with Crippen LogP contribution in [-0.4, -0.2) is 15.9 Å². The van der Waals surface area contributed by atoms with Crippen LogP contribution in [0.2, 0.25) is 0 Å². The summed E-state index contributed by atoms with van der Waals surface area (Å²) in [4.78, 5) is 31.8. The van der Waals surface area contributed by atoms with Crippen molar-refractivity contribution in [2.75, 3.05) is 5.32 Å². The number of aromatic nitrogens is 2. The van der Waals surface area contributed by atoms with E-state index < -0.39 is 11.5 Å². The molecule has 0 aromatic carbocycles. The second-order valence-corrected chi connectivity index (χ2v) is 6.16. The van der Waals surface area contributed by atoms with Gasteiger partial charge >= 0.3 is 0 Å². The van der Waals surface area contributed by atoms with Gasteiger partial charge in [0.25, 0.3) is 11.5 Å². The number of aryl methyl sites for hydroxylation is 1. The largest absolute Gasteiger partial charge is 0.326 e. The second kappa shape index (κ2) is 5.63. The number of nitrogens with one attached hydrogen (secondary N) is 2. The standard InChI is InChI=1S/C14H11N3O2S2/c1-8-4-5-9(12(18)15-8)13(19)17-14-16-10(7-21-14)11-3-2-6-20-11/h2-7H,1H3,(H,15,18)(H,16,17,19). The highest BCUT2D eigenvalue weighted by Gasteiger charge is 2.13. The number of thiazole rings is 1. The van der Waals surface area contributed by atoms with Crippen molar-refractivity contribution < 1.29 is 4.79 Å². The summed E-state index contributed by atoms with van der Waals surface area (Å²) in [7, 11) is 0. The molecule has 0 unspecified atom stereocenters. The van der Waals surface area contributed by atoms with Gasteiger partial charge in [-0.05, 0) is 30.5 Å². The number of hydrogen-bond donors (Lipinski definition) is 2. The first-order valence-electron chi connectivity index (χ1n) is 6.14. The van der Waals surface area contributed by atoms with Gasteiger partial charge in [0.2, 0.25) is 0 Å². The van der Waals surface area contributed by atoms with Crippen molar-refractivity contribution in [2.45, 2.75) is 6.92 Å². The van der Waals surface area contributed by atoms with Gasteiger partial charge in [0.15, 0.2) is 5.13 Å². The fourth-order valence-electron chi connectivity index (χ4n) is 1.78. The Bertz CT molecular complexity index is 834. The summed E-state index contributed by atoms with van der Waals surface area (Å²) >= 11 is 2.92. The molecule has 0 aliphatic heterocycles. The average molecular weight is 317 g/mol. The van der Waals surface area contributed by atoms with E-state index in [1.54, 1.807) is 24.3 Å². The molecule has 1 amide bonds. The molecular formula is C14H11N3O2S2. The smallest absolute Gasteiger partial charge is 0.263 e. The Morgan fingerprint density at radius 2 is 2.14 bits per heavy atom. The van der Waals surface area contributed by atoms with Crippen molar-refractivity contribution in [1.82, 2.24) is 9.97 Å². The SMILES string of the molecule is Cc1ccc(C(=O)Nc2nc(-c3cccs3)cs2)c(=O)[nH]1. The third kappa shape index (κ3) is 2.93. The Balaban J connectivity index is 1.80. The first kappa shape index (κ1) is 13.7. The average Bonchev–Trinajstić information content (AvgIpc) is 3.08. The molecule has 0 bridgehead atoms. The molecule has 0 aliphatic rings. The summed E-state index contributed by atoms with van der Waals surface area (Å²) in [6.07, 6.45) is 0. The maximum atomic E-state index is 12.1. The topological polar surface area (TPSA) is 74.8 Å². The lowest BCUT2D eigenvalue weighted by molar-refractivity contribution is 0.102. The molecule has 21 heavy (non-hydrogen) atoms. The number of thiophene rings is 1. The highest BCUT2D eigenvalue weighted by atomic mass is 32.1. The maximum Gasteiger partial charge on any atom is 0.263 e. The zero-order chi connectivity index (χ0) is 14.8. The van der Waals surface area contributed by atoms with Crippen LogP contribution in [0.25, 0.3) is 10.6 Å². The summed E-state index contributed by atoms with van der Waals surface area (Å²) in [5.74, 6) is -0.455. The van der Waals surface area contributed by atoms with Crippen LogP contribution in [0.5, 0.6) is 0 Å². The number of pyridine rings is 1. The van der Waals surface area contributed by atoms with Crippen molar-refractivity contribution in [2.24, 2.45) is 0 Å². The number of aromatic amines is 1. The number of H-pyrrole nitrogens is 1. The monoisotopic (exact) mass is 317 g/mol. The second-order valence-electron chi connectivity index (χ2n) is 4.35. The molecule has 0 saturated heterocycles. The fraction of sp³-hybridized carbons (Fsp3) is 0.0714. The Labute approximate surface area is 128 Å². The van der Waals surface area contributed by atoms with Gasteiger partial charge in [0, 0.05) is 11.1 Å². The van der Waals surface area contributed by atoms with Crippen molar-refractivity contribution in [3.05, 3.63) is 56.6 Å². The van der Waals surface area contributed by atoms with E-state index in [1.165, 1.54) is 17.4 Å². The van der Waals surface area contributed by atoms with Gasteiger partial charge in [-0.15, -0.1) is 22.7 Å². The van der Waals surface area contributed by atoms with Crippen molar-refractivity contribution in [1.29, 1.82) is 0 Å².